The van der Waals surface area contributed by atoms with Crippen LogP contribution in [0.15, 0.2) is 53.4 Å². The Labute approximate surface area is 170 Å². The molecule has 0 fully saturated rings. The van der Waals surface area contributed by atoms with Gasteiger partial charge in [-0.3, -0.25) is 9.59 Å². The summed E-state index contributed by atoms with van der Waals surface area (Å²) < 4.78 is 31.3. The molecule has 0 saturated carbocycles. The zero-order chi connectivity index (χ0) is 20.9. The minimum atomic E-state index is -3.82. The smallest absolute Gasteiger partial charge is 0.269 e. The number of rotatable bonds is 9. The molecular formula is C21H24N2O5S. The Kier molecular flexibility index (Phi) is 6.53. The third-order valence-corrected chi connectivity index (χ3v) is 6.54. The van der Waals surface area contributed by atoms with Crippen molar-refractivity contribution in [1.82, 2.24) is 9.62 Å². The number of hydrogen-bond acceptors (Lipinski definition) is 5. The van der Waals surface area contributed by atoms with Crippen LogP contribution >= 0.6 is 0 Å². The number of benzene rings is 2. The lowest BCUT2D eigenvalue weighted by molar-refractivity contribution is -0.121. The van der Waals surface area contributed by atoms with Gasteiger partial charge in [-0.25, -0.2) is 12.7 Å². The highest BCUT2D eigenvalue weighted by Crippen LogP contribution is 2.29. The summed E-state index contributed by atoms with van der Waals surface area (Å²) in [5.41, 5.74) is 1.41. The molecule has 0 bridgehead atoms. The maximum absolute atomic E-state index is 12.4. The van der Waals surface area contributed by atoms with Crippen LogP contribution in [0.2, 0.25) is 0 Å². The van der Waals surface area contributed by atoms with Crippen LogP contribution in [0, 0.1) is 0 Å². The lowest BCUT2D eigenvalue weighted by atomic mass is 10.2. The molecule has 2 aromatic rings. The third-order valence-electron chi connectivity index (χ3n) is 4.70. The number of amides is 2. The lowest BCUT2D eigenvalue weighted by Gasteiger charge is -2.14. The zero-order valence-electron chi connectivity index (χ0n) is 16.3. The van der Waals surface area contributed by atoms with Gasteiger partial charge in [-0.15, -0.1) is 0 Å². The van der Waals surface area contributed by atoms with Crippen LogP contribution in [-0.4, -0.2) is 44.2 Å². The van der Waals surface area contributed by atoms with Crippen LogP contribution in [0.5, 0.6) is 5.75 Å². The van der Waals surface area contributed by atoms with Crippen LogP contribution in [0.3, 0.4) is 0 Å². The fourth-order valence-corrected chi connectivity index (χ4v) is 4.71. The Morgan fingerprint density at radius 3 is 2.52 bits per heavy atom. The highest BCUT2D eigenvalue weighted by Gasteiger charge is 2.40. The van der Waals surface area contributed by atoms with Crippen molar-refractivity contribution in [2.75, 3.05) is 19.7 Å². The van der Waals surface area contributed by atoms with Crippen LogP contribution in [0.1, 0.15) is 35.7 Å². The average Bonchev–Trinajstić information content (AvgIpc) is 2.92. The Hall–Kier alpha value is -2.87. The SMILES string of the molecule is CCc1ccc(OCCNC(=O)CCCN2C(=O)c3ccccc3S2(=O)=O)cc1. The van der Waals surface area contributed by atoms with Crippen molar-refractivity contribution in [2.45, 2.75) is 31.1 Å². The second-order valence-electron chi connectivity index (χ2n) is 6.68. The summed E-state index contributed by atoms with van der Waals surface area (Å²) in [6.45, 7) is 2.75. The van der Waals surface area contributed by atoms with Crippen molar-refractivity contribution >= 4 is 21.8 Å². The summed E-state index contributed by atoms with van der Waals surface area (Å²) in [4.78, 5) is 24.3. The second-order valence-corrected chi connectivity index (χ2v) is 8.51. The van der Waals surface area contributed by atoms with Gasteiger partial charge in [-0.2, -0.15) is 0 Å². The van der Waals surface area contributed by atoms with E-state index in [9.17, 15) is 18.0 Å². The molecule has 2 amide bonds. The van der Waals surface area contributed by atoms with Crippen molar-refractivity contribution in [3.63, 3.8) is 0 Å². The summed E-state index contributed by atoms with van der Waals surface area (Å²) in [7, 11) is -3.82. The first-order chi connectivity index (χ1) is 13.9. The molecule has 29 heavy (non-hydrogen) atoms. The van der Waals surface area contributed by atoms with E-state index in [1.165, 1.54) is 17.7 Å². The first-order valence-corrected chi connectivity index (χ1v) is 11.0. The number of aryl methyl sites for hydroxylation is 1. The first-order valence-electron chi connectivity index (χ1n) is 9.58. The summed E-state index contributed by atoms with van der Waals surface area (Å²) in [6.07, 6.45) is 1.34. The standard InChI is InChI=1S/C21H24N2O5S/c1-2-16-9-11-17(12-10-16)28-15-13-22-20(24)8-5-14-23-21(25)18-6-3-4-7-19(18)29(23,26)27/h3-4,6-7,9-12H,2,5,8,13-15H2,1H3,(H,22,24). The van der Waals surface area contributed by atoms with E-state index in [1.807, 2.05) is 24.3 Å². The molecule has 1 heterocycles. The molecule has 7 nitrogen and oxygen atoms in total. The molecule has 154 valence electrons. The van der Waals surface area contributed by atoms with E-state index in [2.05, 4.69) is 12.2 Å². The predicted molar refractivity (Wildman–Crippen MR) is 108 cm³/mol. The molecule has 0 aliphatic carbocycles. The van der Waals surface area contributed by atoms with Gasteiger partial charge in [0.05, 0.1) is 12.1 Å². The number of carbonyl (C=O) groups is 2. The molecule has 8 heteroatoms. The van der Waals surface area contributed by atoms with Gasteiger partial charge in [0, 0.05) is 13.0 Å². The largest absolute Gasteiger partial charge is 0.492 e. The average molecular weight is 416 g/mol. The molecule has 2 aromatic carbocycles. The van der Waals surface area contributed by atoms with E-state index in [1.54, 1.807) is 12.1 Å². The molecular weight excluding hydrogens is 392 g/mol. The van der Waals surface area contributed by atoms with Gasteiger partial charge in [0.25, 0.3) is 15.9 Å². The van der Waals surface area contributed by atoms with Crippen molar-refractivity contribution in [1.29, 1.82) is 0 Å². The molecule has 0 atom stereocenters. The van der Waals surface area contributed by atoms with Crippen LogP contribution in [0.25, 0.3) is 0 Å². The molecule has 3 rings (SSSR count). The highest BCUT2D eigenvalue weighted by molar-refractivity contribution is 7.90. The summed E-state index contributed by atoms with van der Waals surface area (Å²) >= 11 is 0. The predicted octanol–water partition coefficient (Wildman–Crippen LogP) is 2.37. The van der Waals surface area contributed by atoms with Crippen molar-refractivity contribution in [2.24, 2.45) is 0 Å². The van der Waals surface area contributed by atoms with Crippen LogP contribution in [-0.2, 0) is 21.2 Å². The number of nitrogens with one attached hydrogen (secondary N) is 1. The molecule has 0 radical (unpaired) electrons. The van der Waals surface area contributed by atoms with E-state index < -0.39 is 15.9 Å². The Morgan fingerprint density at radius 2 is 1.83 bits per heavy atom. The van der Waals surface area contributed by atoms with Crippen molar-refractivity contribution in [3.8, 4) is 5.75 Å². The fraction of sp³-hybridized carbons (Fsp3) is 0.333. The topological polar surface area (TPSA) is 92.8 Å². The number of hydrogen-bond donors (Lipinski definition) is 1. The normalized spacial score (nSPS) is 14.5. The summed E-state index contributed by atoms with van der Waals surface area (Å²) in [5.74, 6) is -0.00578. The minimum absolute atomic E-state index is 0.0243. The van der Waals surface area contributed by atoms with Crippen LogP contribution in [0.4, 0.5) is 0 Å². The number of ether oxygens (including phenoxy) is 1. The van der Waals surface area contributed by atoms with Crippen molar-refractivity contribution < 1.29 is 22.7 Å². The first kappa shape index (κ1) is 20.9. The number of sulfonamides is 1. The molecule has 1 aliphatic rings. The Balaban J connectivity index is 1.38. The van der Waals surface area contributed by atoms with Gasteiger partial charge in [-0.1, -0.05) is 31.2 Å². The van der Waals surface area contributed by atoms with E-state index in [0.717, 1.165) is 16.5 Å². The van der Waals surface area contributed by atoms with Crippen LogP contribution < -0.4 is 10.1 Å². The summed E-state index contributed by atoms with van der Waals surface area (Å²) in [5, 5.41) is 2.73. The van der Waals surface area contributed by atoms with Gasteiger partial charge in [0.15, 0.2) is 0 Å². The number of fused-ring (bicyclic) bond motifs is 1. The monoisotopic (exact) mass is 416 g/mol. The molecule has 1 N–H and O–H groups in total. The maximum Gasteiger partial charge on any atom is 0.269 e. The van der Waals surface area contributed by atoms with Gasteiger partial charge in [-0.05, 0) is 42.7 Å². The number of carbonyl (C=O) groups excluding carboxylic acids is 2. The molecule has 0 unspecified atom stereocenters. The summed E-state index contributed by atoms with van der Waals surface area (Å²) in [6, 6.07) is 13.9. The highest BCUT2D eigenvalue weighted by atomic mass is 32.2. The Morgan fingerprint density at radius 1 is 1.10 bits per heavy atom. The van der Waals surface area contributed by atoms with E-state index in [-0.39, 0.29) is 35.8 Å². The Bertz CT molecular complexity index is 986. The van der Waals surface area contributed by atoms with E-state index >= 15 is 0 Å². The lowest BCUT2D eigenvalue weighted by Crippen LogP contribution is -2.33. The van der Waals surface area contributed by atoms with Gasteiger partial charge < -0.3 is 10.1 Å². The number of nitrogens with zero attached hydrogens (tertiary/aromatic N) is 1. The minimum Gasteiger partial charge on any atom is -0.492 e. The molecule has 0 aromatic heterocycles. The van der Waals surface area contributed by atoms with Crippen molar-refractivity contribution in [3.05, 3.63) is 59.7 Å². The molecule has 0 spiro atoms. The quantitative estimate of drug-likeness (QED) is 0.634. The second kappa shape index (κ2) is 9.09. The van der Waals surface area contributed by atoms with Gasteiger partial charge >= 0.3 is 0 Å². The van der Waals surface area contributed by atoms with E-state index in [4.69, 9.17) is 4.74 Å². The third kappa shape index (κ3) is 4.76. The zero-order valence-corrected chi connectivity index (χ0v) is 17.1. The fourth-order valence-electron chi connectivity index (χ4n) is 3.10. The molecule has 1 aliphatic heterocycles. The van der Waals surface area contributed by atoms with Gasteiger partial charge in [0.1, 0.15) is 17.3 Å². The van der Waals surface area contributed by atoms with Gasteiger partial charge in [0.2, 0.25) is 5.91 Å². The maximum atomic E-state index is 12.4. The van der Waals surface area contributed by atoms with E-state index in [0.29, 0.717) is 13.2 Å². The molecule has 0 saturated heterocycles.